The van der Waals surface area contributed by atoms with Crippen LogP contribution in [0.25, 0.3) is 0 Å². The van der Waals surface area contributed by atoms with Gasteiger partial charge in [0.25, 0.3) is 0 Å². The molecule has 2 aromatic carbocycles. The number of ketones is 2. The average Bonchev–Trinajstić information content (AvgIpc) is 2.47. The summed E-state index contributed by atoms with van der Waals surface area (Å²) < 4.78 is 0.216. The number of carbonyl (C=O) groups excluding carboxylic acids is 2. The van der Waals surface area contributed by atoms with Crippen molar-refractivity contribution in [2.45, 2.75) is 0 Å². The predicted molar refractivity (Wildman–Crippen MR) is 73.8 cm³/mol. The molecule has 2 aromatic rings. The summed E-state index contributed by atoms with van der Waals surface area (Å²) in [5, 5.41) is 19.2. The number of rotatable bonds is 0. The van der Waals surface area contributed by atoms with Gasteiger partial charge < -0.3 is 5.11 Å². The fourth-order valence-corrected chi connectivity index (χ4v) is 2.76. The van der Waals surface area contributed by atoms with Gasteiger partial charge >= 0.3 is 0 Å². The van der Waals surface area contributed by atoms with Crippen molar-refractivity contribution in [3.8, 4) is 11.8 Å². The van der Waals surface area contributed by atoms with Crippen molar-refractivity contribution < 1.29 is 14.7 Å². The molecule has 1 aliphatic rings. The van der Waals surface area contributed by atoms with E-state index in [0.717, 1.165) is 0 Å². The standard InChI is InChI=1S/C15H6BrNO3/c16-10-5-7(6-17)11-12(15(10)20)14(19)9-4-2-1-3-8(9)13(11)18/h1-5,20H. The molecule has 0 aromatic heterocycles. The van der Waals surface area contributed by atoms with E-state index in [2.05, 4.69) is 15.9 Å². The van der Waals surface area contributed by atoms with E-state index in [4.69, 9.17) is 5.26 Å². The van der Waals surface area contributed by atoms with Crippen LogP contribution in [0, 0.1) is 11.3 Å². The van der Waals surface area contributed by atoms with Crippen LogP contribution in [0.2, 0.25) is 0 Å². The van der Waals surface area contributed by atoms with Gasteiger partial charge in [-0.2, -0.15) is 5.26 Å². The zero-order chi connectivity index (χ0) is 14.4. The third-order valence-corrected chi connectivity index (χ3v) is 3.85. The van der Waals surface area contributed by atoms with E-state index in [1.807, 2.05) is 6.07 Å². The van der Waals surface area contributed by atoms with Gasteiger partial charge in [0.1, 0.15) is 5.75 Å². The van der Waals surface area contributed by atoms with Gasteiger partial charge in [0.2, 0.25) is 0 Å². The van der Waals surface area contributed by atoms with Crippen molar-refractivity contribution in [2.75, 3.05) is 0 Å². The van der Waals surface area contributed by atoms with Crippen molar-refractivity contribution >= 4 is 27.5 Å². The monoisotopic (exact) mass is 327 g/mol. The highest BCUT2D eigenvalue weighted by molar-refractivity contribution is 9.10. The quantitative estimate of drug-likeness (QED) is 0.688. The molecule has 4 nitrogen and oxygen atoms in total. The molecule has 0 fully saturated rings. The van der Waals surface area contributed by atoms with Crippen LogP contribution in [-0.2, 0) is 0 Å². The molecule has 0 heterocycles. The zero-order valence-corrected chi connectivity index (χ0v) is 11.6. The van der Waals surface area contributed by atoms with Crippen molar-refractivity contribution in [2.24, 2.45) is 0 Å². The number of carbonyl (C=O) groups is 2. The number of nitriles is 1. The normalized spacial score (nSPS) is 12.6. The maximum atomic E-state index is 12.5. The van der Waals surface area contributed by atoms with E-state index in [0.29, 0.717) is 0 Å². The fourth-order valence-electron chi connectivity index (χ4n) is 2.33. The number of nitrogens with zero attached hydrogens (tertiary/aromatic N) is 1. The lowest BCUT2D eigenvalue weighted by Gasteiger charge is -2.19. The molecule has 0 saturated heterocycles. The number of phenolic OH excluding ortho intramolecular Hbond substituents is 1. The van der Waals surface area contributed by atoms with Crippen LogP contribution in [0.3, 0.4) is 0 Å². The van der Waals surface area contributed by atoms with Gasteiger partial charge in [0.15, 0.2) is 11.6 Å². The fraction of sp³-hybridized carbons (Fsp3) is 0. The van der Waals surface area contributed by atoms with Crippen molar-refractivity contribution in [3.63, 3.8) is 0 Å². The Morgan fingerprint density at radius 1 is 1.05 bits per heavy atom. The average molecular weight is 328 g/mol. The summed E-state index contributed by atoms with van der Waals surface area (Å²) >= 11 is 3.09. The van der Waals surface area contributed by atoms with Crippen LogP contribution in [0.15, 0.2) is 34.8 Å². The Kier molecular flexibility index (Phi) is 2.70. The second-order valence-corrected chi connectivity index (χ2v) is 5.17. The summed E-state index contributed by atoms with van der Waals surface area (Å²) in [5.74, 6) is -1.19. The van der Waals surface area contributed by atoms with Gasteiger partial charge in [-0.05, 0) is 22.0 Å². The number of halogens is 1. The number of aromatic hydroxyl groups is 1. The van der Waals surface area contributed by atoms with Crippen LogP contribution >= 0.6 is 15.9 Å². The summed E-state index contributed by atoms with van der Waals surface area (Å²) in [6, 6.07) is 9.60. The minimum atomic E-state index is -0.453. The molecule has 0 aliphatic heterocycles. The van der Waals surface area contributed by atoms with Crippen LogP contribution in [-0.4, -0.2) is 16.7 Å². The zero-order valence-electron chi connectivity index (χ0n) is 9.98. The number of hydrogen-bond acceptors (Lipinski definition) is 4. The molecule has 5 heteroatoms. The predicted octanol–water partition coefficient (Wildman–Crippen LogP) is 2.80. The molecule has 0 spiro atoms. The number of benzene rings is 2. The molecule has 0 atom stereocenters. The Morgan fingerprint density at radius 3 is 2.15 bits per heavy atom. The lowest BCUT2D eigenvalue weighted by molar-refractivity contribution is 0.0976. The molecular weight excluding hydrogens is 322 g/mol. The SMILES string of the molecule is N#Cc1cc(Br)c(O)c2c1C(=O)c1ccccc1C2=O. The highest BCUT2D eigenvalue weighted by atomic mass is 79.9. The van der Waals surface area contributed by atoms with E-state index in [1.54, 1.807) is 18.2 Å². The molecule has 1 aliphatic carbocycles. The van der Waals surface area contributed by atoms with Crippen molar-refractivity contribution in [1.29, 1.82) is 5.26 Å². The van der Waals surface area contributed by atoms with E-state index in [1.165, 1.54) is 12.1 Å². The van der Waals surface area contributed by atoms with Gasteiger partial charge in [-0.25, -0.2) is 0 Å². The highest BCUT2D eigenvalue weighted by Gasteiger charge is 2.34. The van der Waals surface area contributed by atoms with E-state index < -0.39 is 11.6 Å². The lowest BCUT2D eigenvalue weighted by atomic mass is 9.81. The maximum Gasteiger partial charge on any atom is 0.198 e. The molecule has 0 bridgehead atoms. The molecule has 96 valence electrons. The summed E-state index contributed by atoms with van der Waals surface area (Å²) in [5.41, 5.74) is 0.416. The van der Waals surface area contributed by atoms with Gasteiger partial charge in [-0.3, -0.25) is 9.59 Å². The Morgan fingerprint density at radius 2 is 1.60 bits per heavy atom. The van der Waals surface area contributed by atoms with Gasteiger partial charge in [-0.1, -0.05) is 24.3 Å². The molecule has 0 unspecified atom stereocenters. The van der Waals surface area contributed by atoms with Crippen LogP contribution in [0.4, 0.5) is 0 Å². The van der Waals surface area contributed by atoms with E-state index in [-0.39, 0.29) is 38.0 Å². The first-order chi connectivity index (χ1) is 9.56. The summed E-state index contributed by atoms with van der Waals surface area (Å²) in [7, 11) is 0. The summed E-state index contributed by atoms with van der Waals surface area (Å²) in [6.07, 6.45) is 0. The van der Waals surface area contributed by atoms with E-state index in [9.17, 15) is 14.7 Å². The first kappa shape index (κ1) is 12.6. The van der Waals surface area contributed by atoms with Gasteiger partial charge in [0, 0.05) is 11.1 Å². The topological polar surface area (TPSA) is 78.2 Å². The first-order valence-corrected chi connectivity index (χ1v) is 6.49. The van der Waals surface area contributed by atoms with Crippen LogP contribution in [0.5, 0.6) is 5.75 Å². The van der Waals surface area contributed by atoms with Crippen LogP contribution in [0.1, 0.15) is 37.4 Å². The Hall–Kier alpha value is -2.45. The minimum absolute atomic E-state index is 0.0306. The number of fused-ring (bicyclic) bond motifs is 2. The lowest BCUT2D eigenvalue weighted by Crippen LogP contribution is -2.22. The number of phenols is 1. The highest BCUT2D eigenvalue weighted by Crippen LogP contribution is 2.39. The largest absolute Gasteiger partial charge is 0.506 e. The Labute approximate surface area is 122 Å². The smallest absolute Gasteiger partial charge is 0.198 e. The second kappa shape index (κ2) is 4.29. The third kappa shape index (κ3) is 1.52. The molecule has 1 N–H and O–H groups in total. The summed E-state index contributed by atoms with van der Waals surface area (Å²) in [6.45, 7) is 0. The first-order valence-electron chi connectivity index (χ1n) is 5.70. The van der Waals surface area contributed by atoms with Crippen molar-refractivity contribution in [1.82, 2.24) is 0 Å². The van der Waals surface area contributed by atoms with Gasteiger partial charge in [-0.15, -0.1) is 0 Å². The minimum Gasteiger partial charge on any atom is -0.506 e. The van der Waals surface area contributed by atoms with Crippen molar-refractivity contribution in [3.05, 3.63) is 62.6 Å². The molecule has 20 heavy (non-hydrogen) atoms. The molecule has 0 saturated carbocycles. The molecule has 0 radical (unpaired) electrons. The molecule has 0 amide bonds. The number of hydrogen-bond donors (Lipinski definition) is 1. The Bertz CT molecular complexity index is 834. The van der Waals surface area contributed by atoms with E-state index >= 15 is 0 Å². The molecular formula is C15H6BrNO3. The summed E-state index contributed by atoms with van der Waals surface area (Å²) in [4.78, 5) is 24.9. The van der Waals surface area contributed by atoms with Crippen LogP contribution < -0.4 is 0 Å². The molecule has 3 rings (SSSR count). The maximum absolute atomic E-state index is 12.5. The second-order valence-electron chi connectivity index (χ2n) is 4.32. The Balaban J connectivity index is 2.45. The third-order valence-electron chi connectivity index (χ3n) is 3.24. The van der Waals surface area contributed by atoms with Gasteiger partial charge in [0.05, 0.1) is 27.2 Å².